The number of para-hydroxylation sites is 1. The Hall–Kier alpha value is -3.39. The molecule has 2 aromatic carbocycles. The van der Waals surface area contributed by atoms with E-state index in [1.54, 1.807) is 4.90 Å². The van der Waals surface area contributed by atoms with Crippen LogP contribution in [-0.4, -0.2) is 78.6 Å². The first-order chi connectivity index (χ1) is 17.1. The first-order valence-electron chi connectivity index (χ1n) is 12.4. The van der Waals surface area contributed by atoms with E-state index < -0.39 is 5.54 Å². The molecule has 184 valence electrons. The zero-order chi connectivity index (χ0) is 24.3. The lowest BCUT2D eigenvalue weighted by molar-refractivity contribution is -0.137. The molecule has 8 heteroatoms. The number of benzene rings is 2. The fourth-order valence-corrected chi connectivity index (χ4v) is 5.43. The molecule has 1 unspecified atom stereocenters. The van der Waals surface area contributed by atoms with E-state index in [-0.39, 0.29) is 30.4 Å². The second-order valence-electron chi connectivity index (χ2n) is 9.54. The molecule has 0 aromatic heterocycles. The average molecular weight is 477 g/mol. The summed E-state index contributed by atoms with van der Waals surface area (Å²) in [5.41, 5.74) is 0.848. The molecule has 3 saturated heterocycles. The minimum atomic E-state index is -0.760. The highest BCUT2D eigenvalue weighted by atomic mass is 16.5. The van der Waals surface area contributed by atoms with Crippen LogP contribution in [0.1, 0.15) is 36.0 Å². The van der Waals surface area contributed by atoms with Crippen LogP contribution in [-0.2, 0) is 14.3 Å². The highest BCUT2D eigenvalue weighted by Crippen LogP contribution is 2.39. The number of ether oxygens (including phenoxy) is 1. The molecule has 3 aliphatic heterocycles. The molecule has 8 nitrogen and oxygen atoms in total. The van der Waals surface area contributed by atoms with Crippen LogP contribution in [0, 0.1) is 0 Å². The third-order valence-electron chi connectivity index (χ3n) is 7.37. The van der Waals surface area contributed by atoms with Gasteiger partial charge in [0.2, 0.25) is 5.91 Å². The Bertz CT molecular complexity index is 1050. The number of nitrogens with one attached hydrogen (secondary N) is 1. The molecule has 1 spiro atoms. The number of anilines is 1. The fraction of sp³-hybridized carbons (Fsp3) is 0.444. The van der Waals surface area contributed by atoms with Gasteiger partial charge in [0.15, 0.2) is 0 Å². The topological polar surface area (TPSA) is 82.2 Å². The quantitative estimate of drug-likeness (QED) is 0.692. The first kappa shape index (κ1) is 23.4. The number of amides is 3. The van der Waals surface area contributed by atoms with E-state index in [9.17, 15) is 14.4 Å². The van der Waals surface area contributed by atoms with Gasteiger partial charge in [0.25, 0.3) is 11.8 Å². The third kappa shape index (κ3) is 4.75. The van der Waals surface area contributed by atoms with Crippen molar-refractivity contribution in [3.8, 4) is 0 Å². The van der Waals surface area contributed by atoms with E-state index >= 15 is 0 Å². The number of piperidine rings is 1. The highest BCUT2D eigenvalue weighted by Gasteiger charge is 2.54. The van der Waals surface area contributed by atoms with Crippen molar-refractivity contribution in [2.24, 2.45) is 0 Å². The van der Waals surface area contributed by atoms with Gasteiger partial charge in [-0.2, -0.15) is 0 Å². The van der Waals surface area contributed by atoms with Crippen molar-refractivity contribution in [1.29, 1.82) is 0 Å². The number of carbonyl (C=O) groups is 3. The van der Waals surface area contributed by atoms with Crippen molar-refractivity contribution >= 4 is 23.4 Å². The number of hydrogen-bond acceptors (Lipinski definition) is 5. The van der Waals surface area contributed by atoms with Gasteiger partial charge < -0.3 is 24.8 Å². The summed E-state index contributed by atoms with van der Waals surface area (Å²) in [7, 11) is 0. The maximum atomic E-state index is 13.8. The van der Waals surface area contributed by atoms with Crippen LogP contribution >= 0.6 is 0 Å². The summed E-state index contributed by atoms with van der Waals surface area (Å²) in [6, 6.07) is 19.1. The van der Waals surface area contributed by atoms with E-state index in [4.69, 9.17) is 4.74 Å². The van der Waals surface area contributed by atoms with Crippen LogP contribution in [0.15, 0.2) is 60.7 Å². The van der Waals surface area contributed by atoms with Crippen LogP contribution < -0.4 is 10.2 Å². The molecule has 3 fully saturated rings. The van der Waals surface area contributed by atoms with E-state index in [0.717, 1.165) is 25.1 Å². The van der Waals surface area contributed by atoms with Crippen LogP contribution in [0.25, 0.3) is 0 Å². The second-order valence-corrected chi connectivity index (χ2v) is 9.54. The summed E-state index contributed by atoms with van der Waals surface area (Å²) in [5, 5.41) is 2.93. The van der Waals surface area contributed by atoms with Gasteiger partial charge in [0.1, 0.15) is 12.1 Å². The van der Waals surface area contributed by atoms with Crippen LogP contribution in [0.4, 0.5) is 5.69 Å². The van der Waals surface area contributed by atoms with Crippen molar-refractivity contribution in [3.63, 3.8) is 0 Å². The van der Waals surface area contributed by atoms with Gasteiger partial charge in [-0.05, 0) is 49.9 Å². The van der Waals surface area contributed by atoms with Crippen molar-refractivity contribution in [3.05, 3.63) is 66.2 Å². The molecule has 5 rings (SSSR count). The Morgan fingerprint density at radius 3 is 2.34 bits per heavy atom. The van der Waals surface area contributed by atoms with Gasteiger partial charge in [0, 0.05) is 37.5 Å². The maximum absolute atomic E-state index is 13.8. The molecule has 35 heavy (non-hydrogen) atoms. The van der Waals surface area contributed by atoms with Gasteiger partial charge >= 0.3 is 0 Å². The highest BCUT2D eigenvalue weighted by molar-refractivity contribution is 5.97. The summed E-state index contributed by atoms with van der Waals surface area (Å²) in [5.74, 6) is -0.224. The minimum absolute atomic E-state index is 0.0116. The number of rotatable bonds is 6. The Morgan fingerprint density at radius 1 is 1.00 bits per heavy atom. The molecule has 2 aromatic rings. The molecule has 0 aliphatic carbocycles. The molecule has 3 heterocycles. The predicted octanol–water partition coefficient (Wildman–Crippen LogP) is 2.26. The molecule has 0 bridgehead atoms. The summed E-state index contributed by atoms with van der Waals surface area (Å²) in [6.07, 6.45) is 3.07. The predicted molar refractivity (Wildman–Crippen MR) is 132 cm³/mol. The van der Waals surface area contributed by atoms with Gasteiger partial charge in [0.05, 0.1) is 12.8 Å². The van der Waals surface area contributed by atoms with Crippen molar-refractivity contribution < 1.29 is 19.1 Å². The molecular formula is C27H32N4O4. The summed E-state index contributed by atoms with van der Waals surface area (Å²) in [6.45, 7) is 2.56. The number of likely N-dealkylation sites (tertiary alicyclic amines) is 1. The number of hydrogen-bond donors (Lipinski definition) is 1. The van der Waals surface area contributed by atoms with Gasteiger partial charge in [-0.15, -0.1) is 0 Å². The van der Waals surface area contributed by atoms with E-state index in [1.807, 2.05) is 65.6 Å². The molecule has 1 atom stereocenters. The smallest absolute Gasteiger partial charge is 0.253 e. The summed E-state index contributed by atoms with van der Waals surface area (Å²) < 4.78 is 5.58. The van der Waals surface area contributed by atoms with Crippen molar-refractivity contribution in [1.82, 2.24) is 15.1 Å². The third-order valence-corrected chi connectivity index (χ3v) is 7.37. The summed E-state index contributed by atoms with van der Waals surface area (Å²) >= 11 is 0. The van der Waals surface area contributed by atoms with Crippen LogP contribution in [0.5, 0.6) is 0 Å². The van der Waals surface area contributed by atoms with Crippen molar-refractivity contribution in [2.75, 3.05) is 44.4 Å². The van der Waals surface area contributed by atoms with Gasteiger partial charge in [-0.1, -0.05) is 36.4 Å². The lowest BCUT2D eigenvalue weighted by Gasteiger charge is -2.43. The Balaban J connectivity index is 1.29. The van der Waals surface area contributed by atoms with Crippen LogP contribution in [0.2, 0.25) is 0 Å². The Kier molecular flexibility index (Phi) is 6.72. The SMILES string of the molecule is O=C(CN1CN(c2ccccc2)C2(CCN(C(=O)c3ccccc3)CC2)C1=O)NCC1CCCO1. The average Bonchev–Trinajstić information content (AvgIpc) is 3.52. The van der Waals surface area contributed by atoms with E-state index in [1.165, 1.54) is 0 Å². The minimum Gasteiger partial charge on any atom is -0.376 e. The standard InChI is InChI=1S/C27H32N4O4/c32-24(28-18-23-12-7-17-35-23)19-30-20-31(22-10-5-2-6-11-22)27(26(30)34)13-15-29(16-14-27)25(33)21-8-3-1-4-9-21/h1-6,8-11,23H,7,12-20H2,(H,28,32). The van der Waals surface area contributed by atoms with E-state index in [2.05, 4.69) is 10.2 Å². The number of nitrogens with zero attached hydrogens (tertiary/aromatic N) is 3. The molecule has 3 aliphatic rings. The fourth-order valence-electron chi connectivity index (χ4n) is 5.43. The number of carbonyl (C=O) groups excluding carboxylic acids is 3. The molecule has 1 N–H and O–H groups in total. The van der Waals surface area contributed by atoms with Gasteiger partial charge in [-0.3, -0.25) is 14.4 Å². The molecular weight excluding hydrogens is 444 g/mol. The maximum Gasteiger partial charge on any atom is 0.253 e. The van der Waals surface area contributed by atoms with Crippen molar-refractivity contribution in [2.45, 2.75) is 37.3 Å². The monoisotopic (exact) mass is 476 g/mol. The zero-order valence-electron chi connectivity index (χ0n) is 19.9. The van der Waals surface area contributed by atoms with Crippen LogP contribution in [0.3, 0.4) is 0 Å². The van der Waals surface area contributed by atoms with E-state index in [0.29, 0.717) is 44.7 Å². The Labute approximate surface area is 205 Å². The lowest BCUT2D eigenvalue weighted by Crippen LogP contribution is -2.57. The first-order valence-corrected chi connectivity index (χ1v) is 12.4. The second kappa shape index (κ2) is 10.1. The lowest BCUT2D eigenvalue weighted by atomic mass is 9.85. The molecule has 3 amide bonds. The normalized spacial score (nSPS) is 21.5. The van der Waals surface area contributed by atoms with Gasteiger partial charge in [-0.25, -0.2) is 0 Å². The largest absolute Gasteiger partial charge is 0.376 e. The molecule has 0 saturated carbocycles. The molecule has 0 radical (unpaired) electrons. The zero-order valence-corrected chi connectivity index (χ0v) is 19.9. The summed E-state index contributed by atoms with van der Waals surface area (Å²) in [4.78, 5) is 45.0. The Morgan fingerprint density at radius 2 is 1.69 bits per heavy atom.